The molecule has 12 heteroatoms. The van der Waals surface area contributed by atoms with Gasteiger partial charge >= 0.3 is 0 Å². The third-order valence-corrected chi connectivity index (χ3v) is 8.52. The van der Waals surface area contributed by atoms with Gasteiger partial charge in [-0.25, -0.2) is 0 Å². The van der Waals surface area contributed by atoms with Crippen LogP contribution in [0.3, 0.4) is 0 Å². The highest BCUT2D eigenvalue weighted by molar-refractivity contribution is 6.05. The van der Waals surface area contributed by atoms with Gasteiger partial charge in [0.05, 0.1) is 0 Å². The summed E-state index contributed by atoms with van der Waals surface area (Å²) in [6.45, 7) is 12.6. The van der Waals surface area contributed by atoms with Gasteiger partial charge in [-0.05, 0) is 108 Å². The van der Waals surface area contributed by atoms with Crippen molar-refractivity contribution in [2.24, 2.45) is 0 Å². The van der Waals surface area contributed by atoms with Crippen LogP contribution in [0.4, 0.5) is 11.4 Å². The Kier molecular flexibility index (Phi) is 13.5. The summed E-state index contributed by atoms with van der Waals surface area (Å²) in [6.07, 6.45) is 0.855. The van der Waals surface area contributed by atoms with E-state index >= 15 is 0 Å². The molecule has 0 radical (unpaired) electrons. The van der Waals surface area contributed by atoms with Crippen LogP contribution in [-0.4, -0.2) is 35.4 Å². The predicted molar refractivity (Wildman–Crippen MR) is 209 cm³/mol. The minimum atomic E-state index is -0.532. The molecule has 0 saturated carbocycles. The highest BCUT2D eigenvalue weighted by Crippen LogP contribution is 2.24. The van der Waals surface area contributed by atoms with Crippen molar-refractivity contribution in [3.05, 3.63) is 130 Å². The number of nitrogens with one attached hydrogen (secondary N) is 6. The molecule has 0 fully saturated rings. The monoisotopic (exact) mass is 732 g/mol. The molecule has 4 rings (SSSR count). The van der Waals surface area contributed by atoms with E-state index in [1.807, 2.05) is 24.3 Å². The topological polar surface area (TPSA) is 175 Å². The first kappa shape index (κ1) is 40.5. The molecule has 0 saturated heterocycles. The van der Waals surface area contributed by atoms with Crippen molar-refractivity contribution in [2.45, 2.75) is 78.1 Å². The van der Waals surface area contributed by atoms with Crippen molar-refractivity contribution >= 4 is 46.8 Å². The Hall–Kier alpha value is -6.30. The SMILES string of the molecule is CC(C)(C)c1ccc(C(=O)Nc2ccc(C(=O)NNC(=O)CCCCC(=O)NNC(=O)c3ccc(NC(=O)c4ccc(C(C)(C)C)cc4)cc3)cc2)cc1. The summed E-state index contributed by atoms with van der Waals surface area (Å²) in [4.78, 5) is 74.7. The van der Waals surface area contributed by atoms with Crippen LogP contribution in [0.15, 0.2) is 97.1 Å². The fraction of sp³-hybridized carbons (Fsp3) is 0.286. The molecule has 4 aromatic carbocycles. The van der Waals surface area contributed by atoms with Gasteiger partial charge in [-0.1, -0.05) is 65.8 Å². The van der Waals surface area contributed by atoms with E-state index in [9.17, 15) is 28.8 Å². The van der Waals surface area contributed by atoms with E-state index in [-0.39, 0.29) is 46.6 Å². The number of hydrazine groups is 2. The lowest BCUT2D eigenvalue weighted by Gasteiger charge is -2.19. The maximum atomic E-state index is 12.6. The second-order valence-corrected chi connectivity index (χ2v) is 14.9. The highest BCUT2D eigenvalue weighted by atomic mass is 16.2. The molecule has 0 atom stereocenters. The van der Waals surface area contributed by atoms with Crippen LogP contribution in [0.1, 0.15) is 120 Å². The van der Waals surface area contributed by atoms with Gasteiger partial charge in [-0.2, -0.15) is 0 Å². The van der Waals surface area contributed by atoms with Gasteiger partial charge in [0.15, 0.2) is 0 Å². The quantitative estimate of drug-likeness (QED) is 0.0752. The van der Waals surface area contributed by atoms with Crippen LogP contribution in [0.25, 0.3) is 0 Å². The Morgan fingerprint density at radius 2 is 0.667 bits per heavy atom. The van der Waals surface area contributed by atoms with Crippen LogP contribution in [0, 0.1) is 0 Å². The Morgan fingerprint density at radius 3 is 0.963 bits per heavy atom. The van der Waals surface area contributed by atoms with Gasteiger partial charge in [0.2, 0.25) is 11.8 Å². The van der Waals surface area contributed by atoms with Gasteiger partial charge < -0.3 is 10.6 Å². The van der Waals surface area contributed by atoms with Gasteiger partial charge in [0.25, 0.3) is 23.6 Å². The summed E-state index contributed by atoms with van der Waals surface area (Å²) in [5.41, 5.74) is 14.2. The summed E-state index contributed by atoms with van der Waals surface area (Å²) in [6, 6.07) is 27.3. The molecule has 4 aromatic rings. The number of hydrogen-bond acceptors (Lipinski definition) is 6. The van der Waals surface area contributed by atoms with Crippen molar-refractivity contribution in [1.82, 2.24) is 21.7 Å². The molecule has 0 aliphatic rings. The first-order chi connectivity index (χ1) is 25.5. The molecule has 6 N–H and O–H groups in total. The van der Waals surface area contributed by atoms with Crippen LogP contribution in [-0.2, 0) is 20.4 Å². The van der Waals surface area contributed by atoms with E-state index in [0.717, 1.165) is 11.1 Å². The van der Waals surface area contributed by atoms with Crippen molar-refractivity contribution in [2.75, 3.05) is 10.6 Å². The Balaban J connectivity index is 1.09. The Labute approximate surface area is 315 Å². The summed E-state index contributed by atoms with van der Waals surface area (Å²) >= 11 is 0. The van der Waals surface area contributed by atoms with E-state index in [4.69, 9.17) is 0 Å². The summed E-state index contributed by atoms with van der Waals surface area (Å²) < 4.78 is 0. The number of carbonyl (C=O) groups excluding carboxylic acids is 6. The molecule has 0 aliphatic carbocycles. The second-order valence-electron chi connectivity index (χ2n) is 14.9. The number of anilines is 2. The number of benzene rings is 4. The molecule has 282 valence electrons. The zero-order valence-corrected chi connectivity index (χ0v) is 31.5. The van der Waals surface area contributed by atoms with Gasteiger partial charge in [0.1, 0.15) is 0 Å². The second kappa shape index (κ2) is 18.0. The molecule has 0 aromatic heterocycles. The average molecular weight is 733 g/mol. The molecule has 6 amide bonds. The molecule has 12 nitrogen and oxygen atoms in total. The van der Waals surface area contributed by atoms with Crippen LogP contribution in [0.5, 0.6) is 0 Å². The first-order valence-corrected chi connectivity index (χ1v) is 17.7. The van der Waals surface area contributed by atoms with E-state index in [1.54, 1.807) is 48.5 Å². The van der Waals surface area contributed by atoms with Crippen LogP contribution >= 0.6 is 0 Å². The minimum absolute atomic E-state index is 0.0203. The van der Waals surface area contributed by atoms with Crippen LogP contribution in [0.2, 0.25) is 0 Å². The maximum absolute atomic E-state index is 12.6. The standard InChI is InChI=1S/C42H48N6O6/c1-41(2,3)31-19-11-27(12-20-31)37(51)43-33-23-15-29(16-24-33)39(53)47-45-35(49)9-7-8-10-36(50)46-48-40(54)30-17-25-34(26-18-30)44-38(52)28-13-21-32(22-14-28)42(4,5)6/h11-26H,7-10H2,1-6H3,(H,43,51)(H,44,52)(H,45,49)(H,46,50)(H,47,53)(H,48,54). The van der Waals surface area contributed by atoms with Gasteiger partial charge in [0, 0.05) is 46.5 Å². The molecular formula is C42H48N6O6. The highest BCUT2D eigenvalue weighted by Gasteiger charge is 2.17. The number of rotatable bonds is 11. The molecule has 0 spiro atoms. The van der Waals surface area contributed by atoms with E-state index in [2.05, 4.69) is 73.9 Å². The Morgan fingerprint density at radius 1 is 0.389 bits per heavy atom. The molecule has 0 heterocycles. The lowest BCUT2D eigenvalue weighted by Crippen LogP contribution is -2.42. The summed E-state index contributed by atoms with van der Waals surface area (Å²) in [7, 11) is 0. The molecule has 0 aliphatic heterocycles. The number of carbonyl (C=O) groups is 6. The largest absolute Gasteiger partial charge is 0.322 e. The van der Waals surface area contributed by atoms with E-state index in [1.165, 1.54) is 24.3 Å². The number of amides is 6. The average Bonchev–Trinajstić information content (AvgIpc) is 3.14. The summed E-state index contributed by atoms with van der Waals surface area (Å²) in [5.74, 6) is -2.48. The van der Waals surface area contributed by atoms with Crippen LogP contribution < -0.4 is 32.3 Å². The minimum Gasteiger partial charge on any atom is -0.322 e. The normalized spacial score (nSPS) is 11.1. The molecule has 0 unspecified atom stereocenters. The fourth-order valence-corrected chi connectivity index (χ4v) is 5.15. The smallest absolute Gasteiger partial charge is 0.269 e. The lowest BCUT2D eigenvalue weighted by atomic mass is 9.86. The third kappa shape index (κ3) is 12.1. The van der Waals surface area contributed by atoms with Gasteiger partial charge in [-0.3, -0.25) is 50.5 Å². The molecule has 54 heavy (non-hydrogen) atoms. The molecule has 0 bridgehead atoms. The number of hydrogen-bond donors (Lipinski definition) is 6. The van der Waals surface area contributed by atoms with Crippen molar-refractivity contribution in [3.63, 3.8) is 0 Å². The van der Waals surface area contributed by atoms with Crippen molar-refractivity contribution < 1.29 is 28.8 Å². The first-order valence-electron chi connectivity index (χ1n) is 17.7. The van der Waals surface area contributed by atoms with Crippen molar-refractivity contribution in [1.29, 1.82) is 0 Å². The Bertz CT molecular complexity index is 1810. The van der Waals surface area contributed by atoms with Crippen molar-refractivity contribution in [3.8, 4) is 0 Å². The summed E-state index contributed by atoms with van der Waals surface area (Å²) in [5, 5.41) is 5.61. The lowest BCUT2D eigenvalue weighted by molar-refractivity contribution is -0.123. The zero-order valence-electron chi connectivity index (χ0n) is 31.5. The molecular weight excluding hydrogens is 684 g/mol. The van der Waals surface area contributed by atoms with E-state index < -0.39 is 23.6 Å². The zero-order chi connectivity index (χ0) is 39.5. The van der Waals surface area contributed by atoms with Gasteiger partial charge in [-0.15, -0.1) is 0 Å². The predicted octanol–water partition coefficient (Wildman–Crippen LogP) is 6.57. The maximum Gasteiger partial charge on any atom is 0.269 e. The van der Waals surface area contributed by atoms with E-state index in [0.29, 0.717) is 35.3 Å². The fourth-order valence-electron chi connectivity index (χ4n) is 5.15. The number of unbranched alkanes of at least 4 members (excludes halogenated alkanes) is 1. The third-order valence-electron chi connectivity index (χ3n) is 8.52.